The van der Waals surface area contributed by atoms with E-state index in [1.165, 1.54) is 11.7 Å². The van der Waals surface area contributed by atoms with Crippen LogP contribution in [0.4, 0.5) is 11.5 Å². The first-order valence-electron chi connectivity index (χ1n) is 10.7. The van der Waals surface area contributed by atoms with Gasteiger partial charge in [0.2, 0.25) is 0 Å². The van der Waals surface area contributed by atoms with E-state index >= 15 is 0 Å². The number of aromatic amines is 1. The summed E-state index contributed by atoms with van der Waals surface area (Å²) in [5, 5.41) is 0. The minimum Gasteiger partial charge on any atom is -0.448 e. The molecule has 2 aromatic carbocycles. The van der Waals surface area contributed by atoms with E-state index < -0.39 is 29.2 Å². The van der Waals surface area contributed by atoms with E-state index in [-0.39, 0.29) is 37.6 Å². The number of nitrogen functional groups attached to an aromatic ring is 1. The van der Waals surface area contributed by atoms with Gasteiger partial charge in [-0.25, -0.2) is 9.59 Å². The zero-order valence-corrected chi connectivity index (χ0v) is 18.5. The maximum absolute atomic E-state index is 13.5. The van der Waals surface area contributed by atoms with Crippen LogP contribution in [-0.4, -0.2) is 47.8 Å². The second kappa shape index (κ2) is 9.75. The number of benzene rings is 2. The van der Waals surface area contributed by atoms with Crippen molar-refractivity contribution in [1.29, 1.82) is 0 Å². The molecular weight excluding hydrogens is 440 g/mol. The third kappa shape index (κ3) is 4.48. The number of hydrogen-bond acceptors (Lipinski definition) is 7. The number of H-pyrrole nitrogens is 1. The number of fused-ring (bicyclic) bond motifs is 1. The molecule has 0 unspecified atom stereocenters. The van der Waals surface area contributed by atoms with E-state index in [0.29, 0.717) is 11.1 Å². The molecule has 0 saturated carbocycles. The van der Waals surface area contributed by atoms with Crippen molar-refractivity contribution in [1.82, 2.24) is 9.55 Å². The average Bonchev–Trinajstić information content (AvgIpc) is 2.84. The van der Waals surface area contributed by atoms with Crippen LogP contribution in [0.25, 0.3) is 0 Å². The molecule has 1 aliphatic heterocycles. The predicted molar refractivity (Wildman–Crippen MR) is 125 cm³/mol. The van der Waals surface area contributed by atoms with Crippen molar-refractivity contribution in [2.75, 3.05) is 30.9 Å². The van der Waals surface area contributed by atoms with E-state index in [1.807, 2.05) is 30.3 Å². The molecule has 10 heteroatoms. The molecule has 0 bridgehead atoms. The topological polar surface area (TPSA) is 137 Å². The van der Waals surface area contributed by atoms with E-state index in [4.69, 9.17) is 15.2 Å². The van der Waals surface area contributed by atoms with Crippen LogP contribution in [0, 0.1) is 0 Å². The van der Waals surface area contributed by atoms with Crippen molar-refractivity contribution in [2.24, 2.45) is 0 Å². The number of carbonyl (C=O) groups is 2. The minimum atomic E-state index is -1.16. The Labute approximate surface area is 194 Å². The summed E-state index contributed by atoms with van der Waals surface area (Å²) in [6.45, 7) is 0.134. The van der Waals surface area contributed by atoms with Crippen LogP contribution in [0.5, 0.6) is 0 Å². The van der Waals surface area contributed by atoms with Gasteiger partial charge in [-0.3, -0.25) is 24.0 Å². The zero-order valence-electron chi connectivity index (χ0n) is 18.5. The normalized spacial score (nSPS) is 14.9. The van der Waals surface area contributed by atoms with Gasteiger partial charge in [0.05, 0.1) is 18.7 Å². The number of ether oxygens (including phenoxy) is 2. The summed E-state index contributed by atoms with van der Waals surface area (Å²) in [5.74, 6) is -1.44. The van der Waals surface area contributed by atoms with Crippen LogP contribution < -0.4 is 21.9 Å². The van der Waals surface area contributed by atoms with Gasteiger partial charge in [-0.2, -0.15) is 0 Å². The standard InChI is InChI=1S/C24H24N4O6/c1-33-12-11-27(22(30)18-13-16-9-5-6-10-17(16)23(31)34-18)19-20(25)28(24(32)26-21(19)29)14-15-7-3-2-4-8-15/h2-10,18H,11-14,25H2,1H3,(H,26,29,32)/t18-/m1/s1. The zero-order chi connectivity index (χ0) is 24.2. The minimum absolute atomic E-state index is 0.0398. The summed E-state index contributed by atoms with van der Waals surface area (Å²) in [6, 6.07) is 15.9. The van der Waals surface area contributed by atoms with Crippen LogP contribution in [0.3, 0.4) is 0 Å². The SMILES string of the molecule is COCCN(C(=O)[C@H]1Cc2ccccc2C(=O)O1)c1c(N)n(Cc2ccccc2)c(=O)[nH]c1=O. The van der Waals surface area contributed by atoms with Gasteiger partial charge in [-0.15, -0.1) is 0 Å². The molecule has 0 aliphatic carbocycles. The second-order valence-corrected chi connectivity index (χ2v) is 7.80. The van der Waals surface area contributed by atoms with Crippen molar-refractivity contribution in [3.05, 3.63) is 92.1 Å². The molecule has 3 aromatic rings. The molecule has 2 heterocycles. The molecule has 0 spiro atoms. The van der Waals surface area contributed by atoms with Crippen LogP contribution >= 0.6 is 0 Å². The number of nitrogens with one attached hydrogen (secondary N) is 1. The molecule has 10 nitrogen and oxygen atoms in total. The van der Waals surface area contributed by atoms with Crippen LogP contribution in [-0.2, 0) is 27.2 Å². The molecular formula is C24H24N4O6. The van der Waals surface area contributed by atoms with Crippen molar-refractivity contribution < 1.29 is 19.1 Å². The fraction of sp³-hybridized carbons (Fsp3) is 0.250. The highest BCUT2D eigenvalue weighted by Crippen LogP contribution is 2.25. The van der Waals surface area contributed by atoms with Crippen LogP contribution in [0.1, 0.15) is 21.5 Å². The van der Waals surface area contributed by atoms with Gasteiger partial charge in [0.25, 0.3) is 11.5 Å². The molecule has 4 rings (SSSR count). The van der Waals surface area contributed by atoms with Gasteiger partial charge in [0.15, 0.2) is 11.8 Å². The largest absolute Gasteiger partial charge is 0.448 e. The Morgan fingerprint density at radius 3 is 2.59 bits per heavy atom. The maximum atomic E-state index is 13.5. The number of nitrogens with two attached hydrogens (primary N) is 1. The van der Waals surface area contributed by atoms with E-state index in [0.717, 1.165) is 10.5 Å². The van der Waals surface area contributed by atoms with Gasteiger partial charge >= 0.3 is 11.7 Å². The number of esters is 1. The number of aromatic nitrogens is 2. The van der Waals surface area contributed by atoms with Crippen molar-refractivity contribution in [3.63, 3.8) is 0 Å². The number of anilines is 2. The molecule has 0 saturated heterocycles. The van der Waals surface area contributed by atoms with Gasteiger partial charge in [-0.05, 0) is 17.2 Å². The van der Waals surface area contributed by atoms with Crippen LogP contribution in [0.15, 0.2) is 64.2 Å². The third-order valence-corrected chi connectivity index (χ3v) is 5.62. The van der Waals surface area contributed by atoms with Gasteiger partial charge < -0.3 is 15.2 Å². The quantitative estimate of drug-likeness (QED) is 0.496. The summed E-state index contributed by atoms with van der Waals surface area (Å²) in [4.78, 5) is 54.7. The molecule has 3 N–H and O–H groups in total. The van der Waals surface area contributed by atoms with Gasteiger partial charge in [0.1, 0.15) is 5.82 Å². The molecule has 34 heavy (non-hydrogen) atoms. The first-order chi connectivity index (χ1) is 16.4. The third-order valence-electron chi connectivity index (χ3n) is 5.62. The first-order valence-corrected chi connectivity index (χ1v) is 10.7. The number of nitrogens with zero attached hydrogens (tertiary/aromatic N) is 2. The fourth-order valence-electron chi connectivity index (χ4n) is 3.92. The Morgan fingerprint density at radius 1 is 1.15 bits per heavy atom. The average molecular weight is 464 g/mol. The Kier molecular flexibility index (Phi) is 6.60. The smallest absolute Gasteiger partial charge is 0.339 e. The van der Waals surface area contributed by atoms with E-state index in [9.17, 15) is 19.2 Å². The lowest BCUT2D eigenvalue weighted by Crippen LogP contribution is -2.49. The summed E-state index contributed by atoms with van der Waals surface area (Å²) in [5.41, 5.74) is 6.39. The summed E-state index contributed by atoms with van der Waals surface area (Å²) >= 11 is 0. The number of hydrogen-bond donors (Lipinski definition) is 2. The van der Waals surface area contributed by atoms with Crippen molar-refractivity contribution >= 4 is 23.4 Å². The summed E-state index contributed by atoms with van der Waals surface area (Å²) in [6.07, 6.45) is -1.02. The molecule has 0 fully saturated rings. The lowest BCUT2D eigenvalue weighted by molar-refractivity contribution is -0.127. The fourth-order valence-corrected chi connectivity index (χ4v) is 3.92. The molecule has 1 aromatic heterocycles. The van der Waals surface area contributed by atoms with Gasteiger partial charge in [0, 0.05) is 20.1 Å². The molecule has 1 atom stereocenters. The lowest BCUT2D eigenvalue weighted by atomic mass is 9.98. The number of carbonyl (C=O) groups excluding carboxylic acids is 2. The Bertz CT molecular complexity index is 1330. The highest BCUT2D eigenvalue weighted by atomic mass is 16.5. The number of cyclic esters (lactones) is 1. The van der Waals surface area contributed by atoms with Crippen LogP contribution in [0.2, 0.25) is 0 Å². The molecule has 176 valence electrons. The predicted octanol–water partition coefficient (Wildman–Crippen LogP) is 0.928. The molecule has 1 amide bonds. The van der Waals surface area contributed by atoms with Crippen molar-refractivity contribution in [3.8, 4) is 0 Å². The molecule has 0 radical (unpaired) electrons. The number of amides is 1. The number of methoxy groups -OCH3 is 1. The molecule has 1 aliphatic rings. The number of rotatable bonds is 7. The highest BCUT2D eigenvalue weighted by molar-refractivity contribution is 6.02. The highest BCUT2D eigenvalue weighted by Gasteiger charge is 2.36. The maximum Gasteiger partial charge on any atom is 0.339 e. The Balaban J connectivity index is 1.73. The second-order valence-electron chi connectivity index (χ2n) is 7.80. The monoisotopic (exact) mass is 464 g/mol. The Hall–Kier alpha value is -4.18. The van der Waals surface area contributed by atoms with Gasteiger partial charge in [-0.1, -0.05) is 48.5 Å². The summed E-state index contributed by atoms with van der Waals surface area (Å²) < 4.78 is 11.7. The first kappa shape index (κ1) is 23.0. The summed E-state index contributed by atoms with van der Waals surface area (Å²) in [7, 11) is 1.45. The van der Waals surface area contributed by atoms with Crippen molar-refractivity contribution in [2.45, 2.75) is 19.1 Å². The van der Waals surface area contributed by atoms with E-state index in [2.05, 4.69) is 4.98 Å². The Morgan fingerprint density at radius 2 is 1.85 bits per heavy atom. The van der Waals surface area contributed by atoms with E-state index in [1.54, 1.807) is 24.3 Å². The lowest BCUT2D eigenvalue weighted by Gasteiger charge is -2.30.